The Morgan fingerprint density at radius 2 is 1.69 bits per heavy atom. The lowest BCUT2D eigenvalue weighted by atomic mass is 9.87. The molecule has 4 N–H and O–H groups in total. The molecule has 1 aliphatic rings. The van der Waals surface area contributed by atoms with Crippen LogP contribution in [-0.4, -0.2) is 15.3 Å². The molecular formula is C29H33N5O. The Hall–Kier alpha value is -3.64. The zero-order chi connectivity index (χ0) is 24.0. The highest BCUT2D eigenvalue weighted by atomic mass is 16.1. The first-order valence-electron chi connectivity index (χ1n) is 12.6. The van der Waals surface area contributed by atoms with Gasteiger partial charge in [0.15, 0.2) is 0 Å². The summed E-state index contributed by atoms with van der Waals surface area (Å²) in [5.41, 5.74) is 11.6. The zero-order valence-electron chi connectivity index (χ0n) is 20.0. The summed E-state index contributed by atoms with van der Waals surface area (Å²) in [7, 11) is 0. The molecule has 2 aromatic carbocycles. The summed E-state index contributed by atoms with van der Waals surface area (Å²) in [5, 5.41) is 6.68. The molecule has 1 amide bonds. The van der Waals surface area contributed by atoms with Gasteiger partial charge in [0.05, 0.1) is 5.69 Å². The van der Waals surface area contributed by atoms with Gasteiger partial charge in [-0.3, -0.25) is 9.20 Å². The van der Waals surface area contributed by atoms with Crippen LogP contribution >= 0.6 is 0 Å². The number of nitrogens with one attached hydrogen (secondary N) is 2. The summed E-state index contributed by atoms with van der Waals surface area (Å²) in [6.07, 6.45) is 8.09. The molecule has 4 aromatic rings. The second-order valence-electron chi connectivity index (χ2n) is 9.37. The minimum Gasteiger partial charge on any atom is -0.366 e. The minimum atomic E-state index is -0.105. The monoisotopic (exact) mass is 467 g/mol. The van der Waals surface area contributed by atoms with Crippen molar-refractivity contribution in [1.82, 2.24) is 14.7 Å². The van der Waals surface area contributed by atoms with Gasteiger partial charge in [-0.25, -0.2) is 4.98 Å². The van der Waals surface area contributed by atoms with Crippen LogP contribution in [0.4, 0.5) is 5.82 Å². The molecule has 180 valence electrons. The Kier molecular flexibility index (Phi) is 7.09. The van der Waals surface area contributed by atoms with Gasteiger partial charge in [0.2, 0.25) is 0 Å². The normalized spacial score (nSPS) is 14.2. The first-order valence-corrected chi connectivity index (χ1v) is 12.6. The Morgan fingerprint density at radius 3 is 2.49 bits per heavy atom. The molecule has 0 saturated heterocycles. The Balaban J connectivity index is 1.38. The van der Waals surface area contributed by atoms with E-state index in [9.17, 15) is 4.79 Å². The number of imidazole rings is 1. The highest BCUT2D eigenvalue weighted by Crippen LogP contribution is 2.36. The number of hydrogen-bond acceptors (Lipinski definition) is 4. The number of carbonyl (C=O) groups is 1. The number of hydrogen-bond donors (Lipinski definition) is 3. The summed E-state index contributed by atoms with van der Waals surface area (Å²) in [6.45, 7) is 1.68. The number of benzene rings is 2. The van der Waals surface area contributed by atoms with E-state index < -0.39 is 0 Å². The molecule has 5 rings (SSSR count). The van der Waals surface area contributed by atoms with Crippen molar-refractivity contribution in [3.8, 4) is 0 Å². The van der Waals surface area contributed by atoms with Gasteiger partial charge in [0.1, 0.15) is 11.5 Å². The summed E-state index contributed by atoms with van der Waals surface area (Å²) >= 11 is 0. The molecule has 2 aromatic heterocycles. The molecular weight excluding hydrogens is 434 g/mol. The highest BCUT2D eigenvalue weighted by Gasteiger charge is 2.24. The van der Waals surface area contributed by atoms with E-state index in [1.165, 1.54) is 37.7 Å². The molecule has 0 bridgehead atoms. The molecule has 1 aliphatic carbocycles. The second-order valence-corrected chi connectivity index (χ2v) is 9.37. The van der Waals surface area contributed by atoms with Crippen molar-refractivity contribution in [3.63, 3.8) is 0 Å². The third-order valence-electron chi connectivity index (χ3n) is 6.89. The van der Waals surface area contributed by atoms with Crippen LogP contribution in [0.5, 0.6) is 0 Å². The van der Waals surface area contributed by atoms with Crippen LogP contribution in [0, 0.1) is 0 Å². The van der Waals surface area contributed by atoms with Crippen LogP contribution in [0.2, 0.25) is 0 Å². The van der Waals surface area contributed by atoms with E-state index in [0.29, 0.717) is 24.6 Å². The number of amides is 1. The number of nitrogens with zero attached hydrogens (tertiary/aromatic N) is 2. The number of anilines is 1. The van der Waals surface area contributed by atoms with Crippen LogP contribution in [0.15, 0.2) is 72.9 Å². The fourth-order valence-corrected chi connectivity index (χ4v) is 4.97. The lowest BCUT2D eigenvalue weighted by Crippen LogP contribution is -2.23. The predicted octanol–water partition coefficient (Wildman–Crippen LogP) is 5.38. The van der Waals surface area contributed by atoms with Gasteiger partial charge in [0, 0.05) is 37.3 Å². The van der Waals surface area contributed by atoms with Crippen molar-refractivity contribution in [2.24, 2.45) is 5.73 Å². The van der Waals surface area contributed by atoms with Gasteiger partial charge in [-0.15, -0.1) is 0 Å². The summed E-state index contributed by atoms with van der Waals surface area (Å²) in [6, 6.07) is 22.2. The SMILES string of the molecule is NCc1cccc(CNC(=O)c2ccn3c(NCc4ccccc4)c(C4CCCCC4)nc3c2)c1. The van der Waals surface area contributed by atoms with Gasteiger partial charge < -0.3 is 16.4 Å². The van der Waals surface area contributed by atoms with Crippen LogP contribution in [-0.2, 0) is 19.6 Å². The first kappa shape index (κ1) is 23.1. The number of fused-ring (bicyclic) bond motifs is 1. The summed E-state index contributed by atoms with van der Waals surface area (Å²) in [4.78, 5) is 18.0. The maximum Gasteiger partial charge on any atom is 0.251 e. The van der Waals surface area contributed by atoms with Crippen molar-refractivity contribution in [2.75, 3.05) is 5.32 Å². The average Bonchev–Trinajstić information content (AvgIpc) is 3.29. The standard InChI is InChI=1S/C29H33N5O/c30-18-22-10-7-11-23(16-22)20-32-29(35)25-14-15-34-26(17-25)33-27(24-12-5-2-6-13-24)28(34)31-19-21-8-3-1-4-9-21/h1,3-4,7-11,14-17,24,31H,2,5-6,12-13,18-20,30H2,(H,32,35). The molecule has 6 heteroatoms. The molecule has 0 atom stereocenters. The van der Waals surface area contributed by atoms with Crippen molar-refractivity contribution < 1.29 is 4.79 Å². The van der Waals surface area contributed by atoms with E-state index in [4.69, 9.17) is 10.7 Å². The zero-order valence-corrected chi connectivity index (χ0v) is 20.0. The maximum atomic E-state index is 12.9. The average molecular weight is 468 g/mol. The van der Waals surface area contributed by atoms with Gasteiger partial charge in [-0.05, 0) is 41.7 Å². The summed E-state index contributed by atoms with van der Waals surface area (Å²) in [5.74, 6) is 1.39. The number of carbonyl (C=O) groups excluding carboxylic acids is 1. The number of pyridine rings is 1. The lowest BCUT2D eigenvalue weighted by molar-refractivity contribution is 0.0951. The highest BCUT2D eigenvalue weighted by molar-refractivity contribution is 5.95. The molecule has 0 unspecified atom stereocenters. The molecule has 2 heterocycles. The number of rotatable bonds is 8. The van der Waals surface area contributed by atoms with Crippen molar-refractivity contribution in [3.05, 3.63) is 101 Å². The quantitative estimate of drug-likeness (QED) is 0.325. The van der Waals surface area contributed by atoms with Gasteiger partial charge in [-0.1, -0.05) is 73.9 Å². The lowest BCUT2D eigenvalue weighted by Gasteiger charge is -2.21. The van der Waals surface area contributed by atoms with Crippen molar-refractivity contribution >= 4 is 17.4 Å². The van der Waals surface area contributed by atoms with E-state index in [-0.39, 0.29) is 5.91 Å². The van der Waals surface area contributed by atoms with Crippen LogP contribution in [0.3, 0.4) is 0 Å². The third-order valence-corrected chi connectivity index (χ3v) is 6.89. The topological polar surface area (TPSA) is 84.5 Å². The number of aromatic nitrogens is 2. The number of nitrogens with two attached hydrogens (primary N) is 1. The van der Waals surface area contributed by atoms with Crippen LogP contribution in [0.1, 0.15) is 70.8 Å². The predicted molar refractivity (Wildman–Crippen MR) is 140 cm³/mol. The second kappa shape index (κ2) is 10.7. The van der Waals surface area contributed by atoms with E-state index in [2.05, 4.69) is 39.3 Å². The maximum absolute atomic E-state index is 12.9. The van der Waals surface area contributed by atoms with Crippen molar-refractivity contribution in [2.45, 2.75) is 57.7 Å². The van der Waals surface area contributed by atoms with E-state index in [1.807, 2.05) is 48.7 Å². The molecule has 1 saturated carbocycles. The molecule has 0 spiro atoms. The van der Waals surface area contributed by atoms with E-state index in [1.54, 1.807) is 0 Å². The van der Waals surface area contributed by atoms with Crippen LogP contribution < -0.4 is 16.4 Å². The Morgan fingerprint density at radius 1 is 0.914 bits per heavy atom. The largest absolute Gasteiger partial charge is 0.366 e. The fourth-order valence-electron chi connectivity index (χ4n) is 4.97. The molecule has 0 aliphatic heterocycles. The molecule has 6 nitrogen and oxygen atoms in total. The van der Waals surface area contributed by atoms with E-state index in [0.717, 1.165) is 34.8 Å². The van der Waals surface area contributed by atoms with E-state index >= 15 is 0 Å². The Labute approximate surface area is 206 Å². The minimum absolute atomic E-state index is 0.105. The van der Waals surface area contributed by atoms with Gasteiger partial charge in [0.25, 0.3) is 5.91 Å². The summed E-state index contributed by atoms with van der Waals surface area (Å²) < 4.78 is 2.09. The smallest absolute Gasteiger partial charge is 0.251 e. The third kappa shape index (κ3) is 5.38. The fraction of sp³-hybridized carbons (Fsp3) is 0.310. The molecule has 35 heavy (non-hydrogen) atoms. The van der Waals surface area contributed by atoms with Gasteiger partial charge in [-0.2, -0.15) is 0 Å². The van der Waals surface area contributed by atoms with Crippen molar-refractivity contribution in [1.29, 1.82) is 0 Å². The molecule has 1 fully saturated rings. The first-order chi connectivity index (χ1) is 17.2. The Bertz CT molecular complexity index is 1290. The van der Waals surface area contributed by atoms with Crippen LogP contribution in [0.25, 0.3) is 5.65 Å². The van der Waals surface area contributed by atoms with Gasteiger partial charge >= 0.3 is 0 Å². The molecule has 0 radical (unpaired) electrons.